The normalized spacial score (nSPS) is 12.6. The Kier molecular flexibility index (Phi) is 3.95. The topological polar surface area (TPSA) is 24.9 Å². The number of hydrogen-bond acceptors (Lipinski definition) is 3. The summed E-state index contributed by atoms with van der Waals surface area (Å²) in [4.78, 5) is 4.44. The van der Waals surface area contributed by atoms with E-state index in [2.05, 4.69) is 32.3 Å². The molecule has 1 unspecified atom stereocenters. The van der Waals surface area contributed by atoms with Crippen molar-refractivity contribution >= 4 is 43.2 Å². The Bertz CT molecular complexity index is 800. The van der Waals surface area contributed by atoms with Gasteiger partial charge < -0.3 is 5.32 Å². The fourth-order valence-electron chi connectivity index (χ4n) is 2.30. The Morgan fingerprint density at radius 2 is 2.05 bits per heavy atom. The molecule has 0 saturated heterocycles. The van der Waals surface area contributed by atoms with Gasteiger partial charge in [-0.15, -0.1) is 11.3 Å². The number of aryl methyl sites for hydroxylation is 1. The summed E-state index contributed by atoms with van der Waals surface area (Å²) in [6, 6.07) is 10.9. The Hall–Kier alpha value is -1.46. The molecule has 2 nitrogen and oxygen atoms in total. The average Bonchev–Trinajstić information content (AvgIpc) is 2.80. The first-order valence-electron chi connectivity index (χ1n) is 6.61. The first-order chi connectivity index (χ1) is 10.0. The SMILES string of the molecule is Cc1nc2ccc(NC(C)c3cc(Br)ccc3F)cc2s1. The second-order valence-electron chi connectivity index (χ2n) is 4.95. The highest BCUT2D eigenvalue weighted by atomic mass is 79.9. The van der Waals surface area contributed by atoms with Crippen LogP contribution in [-0.4, -0.2) is 4.98 Å². The Morgan fingerprint density at radius 3 is 2.86 bits per heavy atom. The number of benzene rings is 2. The van der Waals surface area contributed by atoms with Gasteiger partial charge in [0.25, 0.3) is 0 Å². The minimum absolute atomic E-state index is 0.117. The molecule has 0 amide bonds. The first kappa shape index (κ1) is 14.5. The maximum atomic E-state index is 13.9. The summed E-state index contributed by atoms with van der Waals surface area (Å²) in [5, 5.41) is 4.39. The number of fused-ring (bicyclic) bond motifs is 1. The van der Waals surface area contributed by atoms with E-state index in [1.807, 2.05) is 32.0 Å². The summed E-state index contributed by atoms with van der Waals surface area (Å²) in [5.41, 5.74) is 2.62. The van der Waals surface area contributed by atoms with Crippen LogP contribution in [0, 0.1) is 12.7 Å². The van der Waals surface area contributed by atoms with Gasteiger partial charge in [0.1, 0.15) is 5.82 Å². The van der Waals surface area contributed by atoms with E-state index in [4.69, 9.17) is 0 Å². The van der Waals surface area contributed by atoms with Crippen molar-refractivity contribution in [3.05, 3.63) is 57.3 Å². The molecule has 108 valence electrons. The van der Waals surface area contributed by atoms with E-state index in [0.717, 1.165) is 25.4 Å². The monoisotopic (exact) mass is 364 g/mol. The Labute approximate surface area is 135 Å². The van der Waals surface area contributed by atoms with Crippen LogP contribution in [0.4, 0.5) is 10.1 Å². The Balaban J connectivity index is 1.88. The molecule has 0 radical (unpaired) electrons. The molecule has 5 heteroatoms. The Morgan fingerprint density at radius 1 is 1.24 bits per heavy atom. The summed E-state index contributed by atoms with van der Waals surface area (Å²) in [6.07, 6.45) is 0. The fraction of sp³-hybridized carbons (Fsp3) is 0.188. The number of thiazole rings is 1. The molecule has 0 aliphatic carbocycles. The van der Waals surface area contributed by atoms with Crippen LogP contribution in [0.25, 0.3) is 10.2 Å². The van der Waals surface area contributed by atoms with Crippen molar-refractivity contribution in [3.63, 3.8) is 0 Å². The van der Waals surface area contributed by atoms with Gasteiger partial charge in [-0.2, -0.15) is 0 Å². The number of nitrogens with one attached hydrogen (secondary N) is 1. The maximum Gasteiger partial charge on any atom is 0.128 e. The molecule has 21 heavy (non-hydrogen) atoms. The predicted octanol–water partition coefficient (Wildman–Crippen LogP) is 5.68. The lowest BCUT2D eigenvalue weighted by atomic mass is 10.1. The summed E-state index contributed by atoms with van der Waals surface area (Å²) >= 11 is 5.05. The molecular formula is C16H14BrFN2S. The minimum atomic E-state index is -0.201. The summed E-state index contributed by atoms with van der Waals surface area (Å²) in [7, 11) is 0. The molecule has 1 N–H and O–H groups in total. The molecule has 3 aromatic rings. The molecule has 0 fully saturated rings. The van der Waals surface area contributed by atoms with Crippen molar-refractivity contribution in [2.75, 3.05) is 5.32 Å². The van der Waals surface area contributed by atoms with E-state index < -0.39 is 0 Å². The van der Waals surface area contributed by atoms with Crippen molar-refractivity contribution in [1.29, 1.82) is 0 Å². The molecular weight excluding hydrogens is 351 g/mol. The minimum Gasteiger partial charge on any atom is -0.378 e. The zero-order valence-corrected chi connectivity index (χ0v) is 14.1. The molecule has 0 aliphatic rings. The number of anilines is 1. The van der Waals surface area contributed by atoms with Crippen LogP contribution < -0.4 is 5.32 Å². The highest BCUT2D eigenvalue weighted by molar-refractivity contribution is 9.10. The van der Waals surface area contributed by atoms with Crippen LogP contribution in [0.2, 0.25) is 0 Å². The van der Waals surface area contributed by atoms with Gasteiger partial charge in [-0.05, 0) is 50.2 Å². The second kappa shape index (κ2) is 5.73. The number of rotatable bonds is 3. The highest BCUT2D eigenvalue weighted by Gasteiger charge is 2.12. The first-order valence-corrected chi connectivity index (χ1v) is 8.22. The van der Waals surface area contributed by atoms with E-state index in [-0.39, 0.29) is 11.9 Å². The number of nitrogens with zero attached hydrogens (tertiary/aromatic N) is 1. The third kappa shape index (κ3) is 3.09. The van der Waals surface area contributed by atoms with Crippen molar-refractivity contribution in [2.45, 2.75) is 19.9 Å². The molecule has 2 aromatic carbocycles. The smallest absolute Gasteiger partial charge is 0.128 e. The van der Waals surface area contributed by atoms with Crippen LogP contribution >= 0.6 is 27.3 Å². The van der Waals surface area contributed by atoms with Gasteiger partial charge in [0.15, 0.2) is 0 Å². The van der Waals surface area contributed by atoms with Crippen molar-refractivity contribution in [2.24, 2.45) is 0 Å². The van der Waals surface area contributed by atoms with Gasteiger partial charge >= 0.3 is 0 Å². The number of hydrogen-bond donors (Lipinski definition) is 1. The van der Waals surface area contributed by atoms with Gasteiger partial charge in [0, 0.05) is 15.7 Å². The van der Waals surface area contributed by atoms with Crippen molar-refractivity contribution < 1.29 is 4.39 Å². The van der Waals surface area contributed by atoms with E-state index >= 15 is 0 Å². The van der Waals surface area contributed by atoms with E-state index in [1.165, 1.54) is 6.07 Å². The maximum absolute atomic E-state index is 13.9. The van der Waals surface area contributed by atoms with Gasteiger partial charge in [-0.3, -0.25) is 0 Å². The van der Waals surface area contributed by atoms with E-state index in [9.17, 15) is 4.39 Å². The lowest BCUT2D eigenvalue weighted by molar-refractivity contribution is 0.600. The number of aromatic nitrogens is 1. The lowest BCUT2D eigenvalue weighted by Crippen LogP contribution is -2.08. The highest BCUT2D eigenvalue weighted by Crippen LogP contribution is 2.28. The summed E-state index contributed by atoms with van der Waals surface area (Å²) in [6.45, 7) is 3.95. The van der Waals surface area contributed by atoms with E-state index in [0.29, 0.717) is 5.56 Å². The zero-order valence-electron chi connectivity index (χ0n) is 11.7. The molecule has 3 rings (SSSR count). The molecule has 1 aromatic heterocycles. The summed E-state index contributed by atoms with van der Waals surface area (Å²) < 4.78 is 15.9. The lowest BCUT2D eigenvalue weighted by Gasteiger charge is -2.16. The number of halogens is 2. The second-order valence-corrected chi connectivity index (χ2v) is 7.10. The predicted molar refractivity (Wildman–Crippen MR) is 90.5 cm³/mol. The van der Waals surface area contributed by atoms with Crippen LogP contribution in [0.15, 0.2) is 40.9 Å². The van der Waals surface area contributed by atoms with Gasteiger partial charge in [-0.25, -0.2) is 9.37 Å². The molecule has 1 heterocycles. The molecule has 0 bridgehead atoms. The third-order valence-corrected chi connectivity index (χ3v) is 4.73. The van der Waals surface area contributed by atoms with E-state index in [1.54, 1.807) is 17.4 Å². The largest absolute Gasteiger partial charge is 0.378 e. The summed E-state index contributed by atoms with van der Waals surface area (Å²) in [5.74, 6) is -0.201. The molecule has 1 atom stereocenters. The van der Waals surface area contributed by atoms with Gasteiger partial charge in [-0.1, -0.05) is 15.9 Å². The molecule has 0 spiro atoms. The van der Waals surface area contributed by atoms with Gasteiger partial charge in [0.2, 0.25) is 0 Å². The quantitative estimate of drug-likeness (QED) is 0.646. The van der Waals surface area contributed by atoms with Crippen molar-refractivity contribution in [3.8, 4) is 0 Å². The van der Waals surface area contributed by atoms with Crippen LogP contribution in [0.3, 0.4) is 0 Å². The van der Waals surface area contributed by atoms with Crippen LogP contribution in [0.5, 0.6) is 0 Å². The van der Waals surface area contributed by atoms with Crippen molar-refractivity contribution in [1.82, 2.24) is 4.98 Å². The fourth-order valence-corrected chi connectivity index (χ4v) is 3.55. The van der Waals surface area contributed by atoms with Crippen LogP contribution in [-0.2, 0) is 0 Å². The molecule has 0 aliphatic heterocycles. The third-order valence-electron chi connectivity index (χ3n) is 3.30. The van der Waals surface area contributed by atoms with Gasteiger partial charge in [0.05, 0.1) is 21.3 Å². The zero-order chi connectivity index (χ0) is 15.0. The molecule has 0 saturated carbocycles. The van der Waals surface area contributed by atoms with Crippen LogP contribution in [0.1, 0.15) is 23.5 Å². The standard InChI is InChI=1S/C16H14BrFN2S/c1-9(13-7-11(17)3-5-14(13)18)19-12-4-6-15-16(8-12)21-10(2)20-15/h3-9,19H,1-2H3. The average molecular weight is 365 g/mol.